The smallest absolute Gasteiger partial charge is 0.243 e. The highest BCUT2D eigenvalue weighted by molar-refractivity contribution is 7.89. The number of hydrogen-bond acceptors (Lipinski definition) is 6. The second-order valence-electron chi connectivity index (χ2n) is 6.94. The Kier molecular flexibility index (Phi) is 7.09. The van der Waals surface area contributed by atoms with Crippen LogP contribution in [-0.2, 0) is 14.8 Å². The second kappa shape index (κ2) is 9.59. The van der Waals surface area contributed by atoms with Crippen molar-refractivity contribution in [3.8, 4) is 17.0 Å². The van der Waals surface area contributed by atoms with E-state index < -0.39 is 15.9 Å². The van der Waals surface area contributed by atoms with Gasteiger partial charge < -0.3 is 10.1 Å². The zero-order chi connectivity index (χ0) is 22.6. The molecule has 0 unspecified atom stereocenters. The van der Waals surface area contributed by atoms with E-state index in [1.165, 1.54) is 13.2 Å². The third-order valence-corrected chi connectivity index (χ3v) is 7.43. The van der Waals surface area contributed by atoms with Crippen molar-refractivity contribution in [1.82, 2.24) is 9.29 Å². The number of rotatable bonds is 8. The van der Waals surface area contributed by atoms with E-state index in [0.29, 0.717) is 17.0 Å². The van der Waals surface area contributed by atoms with Gasteiger partial charge in [-0.3, -0.25) is 4.79 Å². The van der Waals surface area contributed by atoms with E-state index >= 15 is 0 Å². The Bertz CT molecular complexity index is 1190. The van der Waals surface area contributed by atoms with Gasteiger partial charge in [0.15, 0.2) is 0 Å². The maximum absolute atomic E-state index is 13.0. The molecule has 0 fully saturated rings. The third kappa shape index (κ3) is 5.30. The molecule has 0 bridgehead atoms. The molecule has 0 saturated carbocycles. The van der Waals surface area contributed by atoms with Gasteiger partial charge in [-0.25, -0.2) is 13.4 Å². The van der Waals surface area contributed by atoms with Gasteiger partial charge in [0.25, 0.3) is 0 Å². The van der Waals surface area contributed by atoms with Crippen molar-refractivity contribution in [2.45, 2.75) is 25.7 Å². The fourth-order valence-corrected chi connectivity index (χ4v) is 5.25. The SMILES string of the molecule is CCN(CC(=O)Nc1cccc(-c2csc(C)n2)c1)S(=O)(=O)c1ccc(OC)c(C)c1. The summed E-state index contributed by atoms with van der Waals surface area (Å²) in [4.78, 5) is 17.2. The molecule has 9 heteroatoms. The number of amides is 1. The number of hydrogen-bond donors (Lipinski definition) is 1. The number of carbonyl (C=O) groups excluding carboxylic acids is 1. The minimum atomic E-state index is -3.83. The maximum atomic E-state index is 13.0. The average Bonchev–Trinajstić information content (AvgIpc) is 3.18. The van der Waals surface area contributed by atoms with E-state index in [2.05, 4.69) is 10.3 Å². The number of sulfonamides is 1. The molecule has 1 heterocycles. The summed E-state index contributed by atoms with van der Waals surface area (Å²) in [6.07, 6.45) is 0. The Morgan fingerprint density at radius 2 is 1.97 bits per heavy atom. The molecule has 0 saturated heterocycles. The largest absolute Gasteiger partial charge is 0.496 e. The lowest BCUT2D eigenvalue weighted by Crippen LogP contribution is -2.37. The number of nitrogens with one attached hydrogen (secondary N) is 1. The van der Waals surface area contributed by atoms with Gasteiger partial charge in [0.05, 0.1) is 29.3 Å². The first kappa shape index (κ1) is 22.9. The zero-order valence-corrected chi connectivity index (χ0v) is 19.5. The van der Waals surface area contributed by atoms with E-state index in [0.717, 1.165) is 20.6 Å². The number of anilines is 1. The Morgan fingerprint density at radius 3 is 2.58 bits per heavy atom. The molecule has 0 aliphatic carbocycles. The van der Waals surface area contributed by atoms with Crippen molar-refractivity contribution in [3.05, 3.63) is 58.4 Å². The highest BCUT2D eigenvalue weighted by Crippen LogP contribution is 2.25. The third-order valence-electron chi connectivity index (χ3n) is 4.74. The molecule has 0 radical (unpaired) electrons. The number of carbonyl (C=O) groups is 1. The van der Waals surface area contributed by atoms with Crippen molar-refractivity contribution >= 4 is 33.0 Å². The van der Waals surface area contributed by atoms with Crippen LogP contribution in [0.3, 0.4) is 0 Å². The summed E-state index contributed by atoms with van der Waals surface area (Å²) >= 11 is 1.55. The van der Waals surface area contributed by atoms with E-state index in [1.54, 1.807) is 43.4 Å². The summed E-state index contributed by atoms with van der Waals surface area (Å²) in [5.74, 6) is 0.192. The van der Waals surface area contributed by atoms with Gasteiger partial charge in [-0.2, -0.15) is 4.31 Å². The highest BCUT2D eigenvalue weighted by atomic mass is 32.2. The fraction of sp³-hybridized carbons (Fsp3) is 0.273. The van der Waals surface area contributed by atoms with Crippen LogP contribution in [0.15, 0.2) is 52.7 Å². The monoisotopic (exact) mass is 459 g/mol. The van der Waals surface area contributed by atoms with E-state index in [1.807, 2.05) is 30.5 Å². The van der Waals surface area contributed by atoms with Gasteiger partial charge in [-0.1, -0.05) is 19.1 Å². The molecule has 1 aromatic heterocycles. The standard InChI is InChI=1S/C22H25N3O4S2/c1-5-25(31(27,28)19-9-10-21(29-4)15(2)11-19)13-22(26)24-18-8-6-7-17(12-18)20-14-30-16(3)23-20/h6-12,14H,5,13H2,1-4H3,(H,24,26). The van der Waals surface area contributed by atoms with Gasteiger partial charge in [-0.05, 0) is 49.7 Å². The number of likely N-dealkylation sites (N-methyl/N-ethyl adjacent to an activating group) is 1. The molecular weight excluding hydrogens is 434 g/mol. The molecule has 7 nitrogen and oxygen atoms in total. The zero-order valence-electron chi connectivity index (χ0n) is 17.9. The lowest BCUT2D eigenvalue weighted by molar-refractivity contribution is -0.116. The predicted molar refractivity (Wildman–Crippen MR) is 123 cm³/mol. The molecule has 3 rings (SSSR count). The molecule has 1 amide bonds. The predicted octanol–water partition coefficient (Wildman–Crippen LogP) is 4.08. The van der Waals surface area contributed by atoms with Crippen LogP contribution in [0.4, 0.5) is 5.69 Å². The molecule has 164 valence electrons. The summed E-state index contributed by atoms with van der Waals surface area (Å²) in [5, 5.41) is 5.70. The molecular formula is C22H25N3O4S2. The maximum Gasteiger partial charge on any atom is 0.243 e. The number of nitrogens with zero attached hydrogens (tertiary/aromatic N) is 2. The number of ether oxygens (including phenoxy) is 1. The van der Waals surface area contributed by atoms with Crippen molar-refractivity contribution in [2.75, 3.05) is 25.5 Å². The van der Waals surface area contributed by atoms with E-state index in [4.69, 9.17) is 4.74 Å². The highest BCUT2D eigenvalue weighted by Gasteiger charge is 2.26. The Labute approximate surface area is 186 Å². The molecule has 2 aromatic carbocycles. The Morgan fingerprint density at radius 1 is 1.19 bits per heavy atom. The van der Waals surface area contributed by atoms with Gasteiger partial charge in [0.2, 0.25) is 15.9 Å². The van der Waals surface area contributed by atoms with Gasteiger partial charge in [0, 0.05) is 23.2 Å². The normalized spacial score (nSPS) is 11.5. The van der Waals surface area contributed by atoms with Crippen LogP contribution in [-0.4, -0.2) is 43.8 Å². The topological polar surface area (TPSA) is 88.6 Å². The molecule has 1 N–H and O–H groups in total. The molecule has 0 aliphatic rings. The average molecular weight is 460 g/mol. The van der Waals surface area contributed by atoms with Gasteiger partial charge in [-0.15, -0.1) is 11.3 Å². The number of thiazole rings is 1. The fourth-order valence-electron chi connectivity index (χ4n) is 3.14. The van der Waals surface area contributed by atoms with E-state index in [9.17, 15) is 13.2 Å². The van der Waals surface area contributed by atoms with Gasteiger partial charge in [0.1, 0.15) is 5.75 Å². The van der Waals surface area contributed by atoms with Crippen LogP contribution in [0, 0.1) is 13.8 Å². The number of methoxy groups -OCH3 is 1. The summed E-state index contributed by atoms with van der Waals surface area (Å²) in [6.45, 7) is 5.29. The van der Waals surface area contributed by atoms with Gasteiger partial charge >= 0.3 is 0 Å². The molecule has 0 aliphatic heterocycles. The summed E-state index contributed by atoms with van der Waals surface area (Å²) in [7, 11) is -2.29. The van der Waals surface area contributed by atoms with Crippen molar-refractivity contribution in [3.63, 3.8) is 0 Å². The summed E-state index contributed by atoms with van der Waals surface area (Å²) in [5.41, 5.74) is 3.02. The Balaban J connectivity index is 1.75. The molecule has 3 aromatic rings. The minimum Gasteiger partial charge on any atom is -0.496 e. The quantitative estimate of drug-likeness (QED) is 0.548. The number of aryl methyl sites for hydroxylation is 2. The number of aromatic nitrogens is 1. The van der Waals surface area contributed by atoms with Crippen LogP contribution >= 0.6 is 11.3 Å². The molecule has 31 heavy (non-hydrogen) atoms. The summed E-state index contributed by atoms with van der Waals surface area (Å²) in [6, 6.07) is 12.0. The number of benzene rings is 2. The minimum absolute atomic E-state index is 0.126. The van der Waals surface area contributed by atoms with Crippen LogP contribution in [0.25, 0.3) is 11.3 Å². The van der Waals surface area contributed by atoms with Crippen molar-refractivity contribution in [2.24, 2.45) is 0 Å². The van der Waals surface area contributed by atoms with Crippen molar-refractivity contribution < 1.29 is 17.9 Å². The Hall–Kier alpha value is -2.75. The lowest BCUT2D eigenvalue weighted by Gasteiger charge is -2.20. The van der Waals surface area contributed by atoms with Crippen LogP contribution < -0.4 is 10.1 Å². The van der Waals surface area contributed by atoms with Crippen molar-refractivity contribution in [1.29, 1.82) is 0 Å². The molecule has 0 atom stereocenters. The lowest BCUT2D eigenvalue weighted by atomic mass is 10.1. The van der Waals surface area contributed by atoms with Crippen LogP contribution in [0.5, 0.6) is 5.75 Å². The molecule has 0 spiro atoms. The first-order valence-corrected chi connectivity index (χ1v) is 12.0. The first-order valence-electron chi connectivity index (χ1n) is 9.71. The van der Waals surface area contributed by atoms with Crippen LogP contribution in [0.2, 0.25) is 0 Å². The van der Waals surface area contributed by atoms with Crippen LogP contribution in [0.1, 0.15) is 17.5 Å². The van der Waals surface area contributed by atoms with E-state index in [-0.39, 0.29) is 18.0 Å². The first-order chi connectivity index (χ1) is 14.7. The summed E-state index contributed by atoms with van der Waals surface area (Å²) < 4.78 is 32.4. The second-order valence-corrected chi connectivity index (χ2v) is 9.94.